The molecule has 0 radical (unpaired) electrons. The van der Waals surface area contributed by atoms with Crippen molar-refractivity contribution in [2.24, 2.45) is 0 Å². The van der Waals surface area contributed by atoms with Crippen molar-refractivity contribution in [3.8, 4) is 22.6 Å². The number of halogens is 4. The van der Waals surface area contributed by atoms with Gasteiger partial charge in [0.15, 0.2) is 0 Å². The Hall–Kier alpha value is -5.82. The maximum absolute atomic E-state index is 13.7. The number of para-hydroxylation sites is 3. The average molecular weight is 918 g/mol. The molecule has 0 fully saturated rings. The zero-order valence-corrected chi connectivity index (χ0v) is 41.0. The molecule has 0 aliphatic carbocycles. The third-order valence-corrected chi connectivity index (χ3v) is 11.8. The second kappa shape index (κ2) is 24.5. The van der Waals surface area contributed by atoms with Gasteiger partial charge in [-0.15, -0.1) is 0 Å². The molecule has 0 saturated heterocycles. The summed E-state index contributed by atoms with van der Waals surface area (Å²) in [6.45, 7) is 23.1. The molecule has 4 nitrogen and oxygen atoms in total. The molecule has 65 heavy (non-hydrogen) atoms. The Labute approximate surface area is 396 Å². The van der Waals surface area contributed by atoms with Crippen molar-refractivity contribution in [2.75, 3.05) is 10.6 Å². The summed E-state index contributed by atoms with van der Waals surface area (Å²) in [6, 6.07) is 42.7. The van der Waals surface area contributed by atoms with E-state index in [1.807, 2.05) is 69.3 Å². The smallest absolute Gasteiger partial charge is 0.133 e. The molecule has 0 unspecified atom stereocenters. The highest BCUT2D eigenvalue weighted by Crippen LogP contribution is 2.37. The van der Waals surface area contributed by atoms with Gasteiger partial charge in [0.2, 0.25) is 0 Å². The van der Waals surface area contributed by atoms with Crippen molar-refractivity contribution in [3.05, 3.63) is 200 Å². The van der Waals surface area contributed by atoms with Crippen LogP contribution in [0.5, 0.6) is 11.5 Å². The molecule has 0 atom stereocenters. The molecule has 7 aromatic rings. The lowest BCUT2D eigenvalue weighted by molar-refractivity contribution is 0.464. The Morgan fingerprint density at radius 3 is 1.51 bits per heavy atom. The predicted molar refractivity (Wildman–Crippen MR) is 274 cm³/mol. The van der Waals surface area contributed by atoms with E-state index in [9.17, 15) is 19.0 Å². The average Bonchev–Trinajstić information content (AvgIpc) is 3.26. The van der Waals surface area contributed by atoms with Crippen molar-refractivity contribution < 1.29 is 19.0 Å². The molecular formula is C57H64Cl2F2N2O2. The van der Waals surface area contributed by atoms with Gasteiger partial charge in [-0.25, -0.2) is 8.78 Å². The highest BCUT2D eigenvalue weighted by atomic mass is 35.5. The molecule has 8 heteroatoms. The van der Waals surface area contributed by atoms with E-state index in [4.69, 9.17) is 23.2 Å². The minimum absolute atomic E-state index is 0.133. The van der Waals surface area contributed by atoms with Gasteiger partial charge in [0.1, 0.15) is 23.1 Å². The Morgan fingerprint density at radius 1 is 0.462 bits per heavy atom. The number of phenols is 2. The highest BCUT2D eigenvalue weighted by molar-refractivity contribution is 6.39. The lowest BCUT2D eigenvalue weighted by Gasteiger charge is -2.17. The van der Waals surface area contributed by atoms with Crippen molar-refractivity contribution in [1.82, 2.24) is 0 Å². The zero-order valence-electron chi connectivity index (χ0n) is 39.5. The second-order valence-electron chi connectivity index (χ2n) is 17.3. The van der Waals surface area contributed by atoms with E-state index < -0.39 is 11.6 Å². The Kier molecular flexibility index (Phi) is 19.5. The fourth-order valence-electron chi connectivity index (χ4n) is 7.05. The van der Waals surface area contributed by atoms with Crippen molar-refractivity contribution >= 4 is 46.0 Å². The van der Waals surface area contributed by atoms with Crippen LogP contribution in [0.4, 0.5) is 31.5 Å². The van der Waals surface area contributed by atoms with E-state index in [0.717, 1.165) is 34.1 Å². The number of aromatic hydroxyl groups is 2. The van der Waals surface area contributed by atoms with Crippen molar-refractivity contribution in [3.63, 3.8) is 0 Å². The van der Waals surface area contributed by atoms with Gasteiger partial charge in [-0.1, -0.05) is 157 Å². The largest absolute Gasteiger partial charge is 0.508 e. The number of anilines is 4. The fourth-order valence-corrected chi connectivity index (χ4v) is 7.52. The third-order valence-electron chi connectivity index (χ3n) is 11.0. The Balaban J connectivity index is 0.000000194. The standard InChI is InChI=1S/C17H21N.C16H17Cl2N.C15H14F2O.C9H12O/c1-12(2)15-9-5-6-10-17(15)18-16-11-7-8-13(3)14(16)4;1-10(2)12-6-4-5-7-14(12)19-16-13(17)9-8-11(3)15(16)18;1-9(2)13-7-10(3-6-15(13)18)12-5-4-11(16)8-14(12)17;1-7(2)8-5-3-4-6-9(8)10/h5-12,18H,1-4H3;4-10,19H,1-3H3;3-9,18H,1-2H3;3-7,10H,1-2H3. The first-order valence-corrected chi connectivity index (χ1v) is 22.8. The summed E-state index contributed by atoms with van der Waals surface area (Å²) in [5, 5.41) is 27.2. The molecule has 0 bridgehead atoms. The van der Waals surface area contributed by atoms with E-state index >= 15 is 0 Å². The minimum Gasteiger partial charge on any atom is -0.508 e. The number of nitrogens with one attached hydrogen (secondary N) is 2. The van der Waals surface area contributed by atoms with Crippen LogP contribution in [0.3, 0.4) is 0 Å². The van der Waals surface area contributed by atoms with Crippen LogP contribution < -0.4 is 10.6 Å². The first-order valence-electron chi connectivity index (χ1n) is 22.1. The summed E-state index contributed by atoms with van der Waals surface area (Å²) in [7, 11) is 0. The number of rotatable bonds is 9. The summed E-state index contributed by atoms with van der Waals surface area (Å²) in [5.74, 6) is 0.891. The Bertz CT molecular complexity index is 2640. The van der Waals surface area contributed by atoms with Gasteiger partial charge in [-0.2, -0.15) is 0 Å². The van der Waals surface area contributed by atoms with Gasteiger partial charge >= 0.3 is 0 Å². The molecule has 0 spiro atoms. The number of benzene rings is 7. The lowest BCUT2D eigenvalue weighted by atomic mass is 9.96. The molecule has 0 heterocycles. The predicted octanol–water partition coefficient (Wildman–Crippen LogP) is 18.3. The van der Waals surface area contributed by atoms with Crippen LogP contribution in [-0.4, -0.2) is 10.2 Å². The molecule has 0 saturated carbocycles. The SMILES string of the molecule is CC(C)c1cc(-c2ccc(F)cc2F)ccc1O.CC(C)c1ccccc1O.Cc1ccc(Cl)c(Nc2ccccc2C(C)C)c1Cl.Cc1cccc(Nc2ccccc2C(C)C)c1C. The number of hydrogen-bond donors (Lipinski definition) is 4. The molecular weight excluding hydrogens is 854 g/mol. The highest BCUT2D eigenvalue weighted by Gasteiger charge is 2.14. The molecule has 0 aliphatic heterocycles. The molecule has 342 valence electrons. The quantitative estimate of drug-likeness (QED) is 0.116. The molecule has 7 rings (SSSR count). The topological polar surface area (TPSA) is 64.5 Å². The van der Waals surface area contributed by atoms with Gasteiger partial charge in [0.05, 0.1) is 15.7 Å². The van der Waals surface area contributed by atoms with Gasteiger partial charge in [0, 0.05) is 28.7 Å². The first-order chi connectivity index (χ1) is 30.8. The van der Waals surface area contributed by atoms with Gasteiger partial charge < -0.3 is 20.8 Å². The van der Waals surface area contributed by atoms with Crippen LogP contribution in [0.15, 0.2) is 140 Å². The fraction of sp³-hybridized carbons (Fsp3) is 0.263. The third kappa shape index (κ3) is 14.6. The van der Waals surface area contributed by atoms with E-state index in [1.54, 1.807) is 18.2 Å². The van der Waals surface area contributed by atoms with E-state index in [0.29, 0.717) is 44.7 Å². The number of aryl methyl sites for hydroxylation is 2. The summed E-state index contributed by atoms with van der Waals surface area (Å²) >= 11 is 12.6. The van der Waals surface area contributed by atoms with Crippen LogP contribution in [0, 0.1) is 32.4 Å². The maximum Gasteiger partial charge on any atom is 0.133 e. The molecule has 4 N–H and O–H groups in total. The van der Waals surface area contributed by atoms with Gasteiger partial charge in [-0.05, 0) is 144 Å². The van der Waals surface area contributed by atoms with Crippen LogP contribution in [-0.2, 0) is 0 Å². The molecule has 7 aromatic carbocycles. The van der Waals surface area contributed by atoms with Crippen LogP contribution >= 0.6 is 23.2 Å². The van der Waals surface area contributed by atoms with Gasteiger partial charge in [-0.3, -0.25) is 0 Å². The van der Waals surface area contributed by atoms with Gasteiger partial charge in [0.25, 0.3) is 0 Å². The molecule has 0 amide bonds. The molecule has 0 aliphatic rings. The summed E-state index contributed by atoms with van der Waals surface area (Å²) in [4.78, 5) is 0. The second-order valence-corrected chi connectivity index (χ2v) is 18.1. The first kappa shape index (κ1) is 51.8. The molecule has 0 aromatic heterocycles. The van der Waals surface area contributed by atoms with Crippen LogP contribution in [0.2, 0.25) is 10.0 Å². The monoisotopic (exact) mass is 916 g/mol. The summed E-state index contributed by atoms with van der Waals surface area (Å²) in [6.07, 6.45) is 0. The summed E-state index contributed by atoms with van der Waals surface area (Å²) in [5.41, 5.74) is 13.2. The van der Waals surface area contributed by atoms with Crippen molar-refractivity contribution in [2.45, 2.75) is 99.8 Å². The minimum atomic E-state index is -0.601. The summed E-state index contributed by atoms with van der Waals surface area (Å²) < 4.78 is 26.5. The lowest BCUT2D eigenvalue weighted by Crippen LogP contribution is -1.99. The van der Waals surface area contributed by atoms with Crippen LogP contribution in [0.25, 0.3) is 11.1 Å². The normalized spacial score (nSPS) is 10.8. The van der Waals surface area contributed by atoms with Crippen LogP contribution in [0.1, 0.15) is 118 Å². The van der Waals surface area contributed by atoms with E-state index in [1.165, 1.54) is 51.8 Å². The zero-order chi connectivity index (χ0) is 48.0. The van der Waals surface area contributed by atoms with Crippen molar-refractivity contribution in [1.29, 1.82) is 0 Å². The van der Waals surface area contributed by atoms with E-state index in [2.05, 4.69) is 115 Å². The van der Waals surface area contributed by atoms with E-state index in [-0.39, 0.29) is 11.7 Å². The maximum atomic E-state index is 13.7. The Morgan fingerprint density at radius 2 is 0.969 bits per heavy atom. The number of phenolic OH excluding ortho intramolecular Hbond substituents is 2. The number of hydrogen-bond acceptors (Lipinski definition) is 4.